The highest BCUT2D eigenvalue weighted by molar-refractivity contribution is 5.36. The van der Waals surface area contributed by atoms with Crippen molar-refractivity contribution in [2.24, 2.45) is 0 Å². The normalized spacial score (nSPS) is 21.3. The van der Waals surface area contributed by atoms with E-state index in [9.17, 15) is 15.2 Å². The third-order valence-electron chi connectivity index (χ3n) is 3.48. The molecule has 2 N–H and O–H groups in total. The van der Waals surface area contributed by atoms with E-state index in [1.54, 1.807) is 30.3 Å². The molecule has 0 unspecified atom stereocenters. The molecule has 0 radical (unpaired) electrons. The number of rotatable bonds is 3. The van der Waals surface area contributed by atoms with Gasteiger partial charge in [-0.3, -0.25) is 15.4 Å². The van der Waals surface area contributed by atoms with Crippen LogP contribution in [0, 0.1) is 10.1 Å². The molecule has 2 atom stereocenters. The van der Waals surface area contributed by atoms with Gasteiger partial charge in [-0.1, -0.05) is 18.2 Å². The number of hydrogen-bond acceptors (Lipinski definition) is 5. The number of nitrogens with one attached hydrogen (secondary N) is 1. The second-order valence-electron chi connectivity index (χ2n) is 4.82. The van der Waals surface area contributed by atoms with Gasteiger partial charge >= 0.3 is 0 Å². The van der Waals surface area contributed by atoms with Crippen LogP contribution < -0.4 is 5.32 Å². The second-order valence-corrected chi connectivity index (χ2v) is 4.82. The maximum Gasteiger partial charge on any atom is 0.269 e. The van der Waals surface area contributed by atoms with E-state index >= 15 is 0 Å². The predicted octanol–water partition coefficient (Wildman–Crippen LogP) is 2.66. The van der Waals surface area contributed by atoms with E-state index < -0.39 is 4.92 Å². The topological polar surface area (TPSA) is 84.6 Å². The average molecular weight is 286 g/mol. The molecule has 0 aromatic heterocycles. The maximum atomic E-state index is 10.6. The summed E-state index contributed by atoms with van der Waals surface area (Å²) in [5.74, 6) is 0.180. The Kier molecular flexibility index (Phi) is 3.55. The van der Waals surface area contributed by atoms with Gasteiger partial charge in [0.25, 0.3) is 5.69 Å². The molecular formula is C15H14N2O4. The van der Waals surface area contributed by atoms with Crippen molar-refractivity contribution in [2.75, 3.05) is 6.54 Å². The first-order valence-corrected chi connectivity index (χ1v) is 6.56. The average Bonchev–Trinajstić information content (AvgIpc) is 2.97. The molecule has 1 aliphatic heterocycles. The lowest BCUT2D eigenvalue weighted by Crippen LogP contribution is -2.14. The number of nitrogens with zero attached hydrogens (tertiary/aromatic N) is 1. The van der Waals surface area contributed by atoms with E-state index in [0.717, 1.165) is 5.56 Å². The van der Waals surface area contributed by atoms with Crippen LogP contribution in [-0.4, -0.2) is 16.6 Å². The Bertz CT molecular complexity index is 657. The summed E-state index contributed by atoms with van der Waals surface area (Å²) in [6, 6.07) is 13.3. The van der Waals surface area contributed by atoms with Crippen molar-refractivity contribution < 1.29 is 14.8 Å². The summed E-state index contributed by atoms with van der Waals surface area (Å²) in [5, 5.41) is 23.7. The molecule has 1 saturated heterocycles. The highest BCUT2D eigenvalue weighted by Gasteiger charge is 2.28. The molecule has 1 heterocycles. The van der Waals surface area contributed by atoms with Gasteiger partial charge in [0.05, 0.1) is 11.0 Å². The number of aromatic hydroxyl groups is 1. The molecule has 108 valence electrons. The van der Waals surface area contributed by atoms with Crippen LogP contribution in [0.15, 0.2) is 48.5 Å². The van der Waals surface area contributed by atoms with Gasteiger partial charge in [-0.2, -0.15) is 0 Å². The Labute approximate surface area is 121 Å². The Balaban J connectivity index is 1.75. The van der Waals surface area contributed by atoms with Crippen molar-refractivity contribution >= 4 is 5.69 Å². The summed E-state index contributed by atoms with van der Waals surface area (Å²) < 4.78 is 5.87. The SMILES string of the molecule is O=[N+]([O-])c1ccc([C@@H]2CN[C@H](c3ccccc3O)O2)cc1. The number of nitro benzene ring substituents is 1. The first-order valence-electron chi connectivity index (χ1n) is 6.56. The van der Waals surface area contributed by atoms with Gasteiger partial charge in [0.2, 0.25) is 0 Å². The van der Waals surface area contributed by atoms with Crippen LogP contribution in [-0.2, 0) is 4.74 Å². The summed E-state index contributed by atoms with van der Waals surface area (Å²) in [6.45, 7) is 0.580. The fourth-order valence-electron chi connectivity index (χ4n) is 2.37. The van der Waals surface area contributed by atoms with Gasteiger partial charge in [-0.05, 0) is 23.8 Å². The smallest absolute Gasteiger partial charge is 0.269 e. The second kappa shape index (κ2) is 5.51. The lowest BCUT2D eigenvalue weighted by atomic mass is 10.1. The van der Waals surface area contributed by atoms with Crippen LogP contribution in [0.1, 0.15) is 23.5 Å². The largest absolute Gasteiger partial charge is 0.508 e. The molecule has 3 rings (SSSR count). The van der Waals surface area contributed by atoms with Crippen LogP contribution in [0.5, 0.6) is 5.75 Å². The predicted molar refractivity (Wildman–Crippen MR) is 75.8 cm³/mol. The van der Waals surface area contributed by atoms with Crippen LogP contribution in [0.4, 0.5) is 5.69 Å². The number of hydrogen-bond donors (Lipinski definition) is 2. The molecule has 0 saturated carbocycles. The highest BCUT2D eigenvalue weighted by Crippen LogP contribution is 2.34. The summed E-state index contributed by atoms with van der Waals surface area (Å²) in [7, 11) is 0. The minimum atomic E-state index is -0.428. The molecule has 0 aliphatic carbocycles. The zero-order valence-electron chi connectivity index (χ0n) is 11.1. The molecule has 21 heavy (non-hydrogen) atoms. The zero-order valence-corrected chi connectivity index (χ0v) is 11.1. The van der Waals surface area contributed by atoms with E-state index in [4.69, 9.17) is 4.74 Å². The van der Waals surface area contributed by atoms with E-state index in [1.165, 1.54) is 12.1 Å². The van der Waals surface area contributed by atoms with Crippen molar-refractivity contribution in [3.05, 3.63) is 69.8 Å². The highest BCUT2D eigenvalue weighted by atomic mass is 16.6. The van der Waals surface area contributed by atoms with Gasteiger partial charge in [-0.25, -0.2) is 0 Å². The number of para-hydroxylation sites is 1. The number of non-ortho nitro benzene ring substituents is 1. The molecule has 0 amide bonds. The summed E-state index contributed by atoms with van der Waals surface area (Å²) >= 11 is 0. The summed E-state index contributed by atoms with van der Waals surface area (Å²) in [4.78, 5) is 10.2. The Hall–Kier alpha value is -2.44. The van der Waals surface area contributed by atoms with E-state index in [0.29, 0.717) is 12.1 Å². The van der Waals surface area contributed by atoms with Gasteiger partial charge in [0.1, 0.15) is 12.0 Å². The van der Waals surface area contributed by atoms with Crippen molar-refractivity contribution in [3.63, 3.8) is 0 Å². The molecule has 0 bridgehead atoms. The lowest BCUT2D eigenvalue weighted by Gasteiger charge is -2.14. The zero-order chi connectivity index (χ0) is 14.8. The van der Waals surface area contributed by atoms with Gasteiger partial charge < -0.3 is 9.84 Å². The van der Waals surface area contributed by atoms with Gasteiger partial charge in [0.15, 0.2) is 0 Å². The summed E-state index contributed by atoms with van der Waals surface area (Å²) in [5.41, 5.74) is 1.61. The minimum Gasteiger partial charge on any atom is -0.508 e. The number of nitro groups is 1. The first kappa shape index (κ1) is 13.5. The van der Waals surface area contributed by atoms with Crippen molar-refractivity contribution in [1.82, 2.24) is 5.32 Å². The molecular weight excluding hydrogens is 272 g/mol. The molecule has 2 aromatic rings. The van der Waals surface area contributed by atoms with E-state index in [1.807, 2.05) is 6.07 Å². The molecule has 6 nitrogen and oxygen atoms in total. The third-order valence-corrected chi connectivity index (χ3v) is 3.48. The van der Waals surface area contributed by atoms with Crippen LogP contribution in [0.2, 0.25) is 0 Å². The van der Waals surface area contributed by atoms with Crippen LogP contribution in [0.25, 0.3) is 0 Å². The van der Waals surface area contributed by atoms with Gasteiger partial charge in [0, 0.05) is 24.2 Å². The Morgan fingerprint density at radius 1 is 1.19 bits per heavy atom. The van der Waals surface area contributed by atoms with E-state index in [-0.39, 0.29) is 23.8 Å². The van der Waals surface area contributed by atoms with Crippen LogP contribution in [0.3, 0.4) is 0 Å². The molecule has 2 aromatic carbocycles. The Morgan fingerprint density at radius 3 is 2.57 bits per heavy atom. The first-order chi connectivity index (χ1) is 10.1. The summed E-state index contributed by atoms with van der Waals surface area (Å²) in [6.07, 6.45) is -0.582. The quantitative estimate of drug-likeness (QED) is 0.669. The van der Waals surface area contributed by atoms with Crippen molar-refractivity contribution in [1.29, 1.82) is 0 Å². The van der Waals surface area contributed by atoms with Crippen molar-refractivity contribution in [2.45, 2.75) is 12.3 Å². The van der Waals surface area contributed by atoms with E-state index in [2.05, 4.69) is 5.32 Å². The standard InChI is InChI=1S/C15H14N2O4/c18-13-4-2-1-3-12(13)15-16-9-14(21-15)10-5-7-11(8-6-10)17(19)20/h1-8,14-16,18H,9H2/t14-,15-/m0/s1. The fraction of sp³-hybridized carbons (Fsp3) is 0.200. The number of benzene rings is 2. The lowest BCUT2D eigenvalue weighted by molar-refractivity contribution is -0.384. The molecule has 1 aliphatic rings. The Morgan fingerprint density at radius 2 is 1.90 bits per heavy atom. The third kappa shape index (κ3) is 2.72. The van der Waals surface area contributed by atoms with Crippen LogP contribution >= 0.6 is 0 Å². The molecule has 6 heteroatoms. The minimum absolute atomic E-state index is 0.0574. The van der Waals surface area contributed by atoms with Gasteiger partial charge in [-0.15, -0.1) is 0 Å². The molecule has 1 fully saturated rings. The fourth-order valence-corrected chi connectivity index (χ4v) is 2.37. The number of phenolic OH excluding ortho intramolecular Hbond substituents is 1. The molecule has 0 spiro atoms. The number of phenols is 1. The maximum absolute atomic E-state index is 10.6. The number of ether oxygens (including phenoxy) is 1. The van der Waals surface area contributed by atoms with Crippen molar-refractivity contribution in [3.8, 4) is 5.75 Å². The monoisotopic (exact) mass is 286 g/mol.